The van der Waals surface area contributed by atoms with Gasteiger partial charge in [0, 0.05) is 13.1 Å². The minimum atomic E-state index is -0.827. The molecule has 0 bridgehead atoms. The van der Waals surface area contributed by atoms with Gasteiger partial charge in [0.05, 0.1) is 11.3 Å². The lowest BCUT2D eigenvalue weighted by atomic mass is 10.1. The van der Waals surface area contributed by atoms with Gasteiger partial charge in [-0.1, -0.05) is 66.2 Å². The average Bonchev–Trinajstić information content (AvgIpc) is 2.77. The minimum absolute atomic E-state index is 0.243. The fourth-order valence-corrected chi connectivity index (χ4v) is 3.13. The normalized spacial score (nSPS) is 10.3. The van der Waals surface area contributed by atoms with E-state index < -0.39 is 11.8 Å². The summed E-state index contributed by atoms with van der Waals surface area (Å²) in [5, 5.41) is 7.99. The maximum atomic E-state index is 12.7. The number of anilines is 1. The number of rotatable bonds is 6. The summed E-state index contributed by atoms with van der Waals surface area (Å²) >= 11 is 0. The fourth-order valence-electron chi connectivity index (χ4n) is 3.13. The standard InChI is InChI=1S/C25H25N3O3/c1-17-8-7-10-19(14-17)15-26-24(30)25(31)28-22-13-6-5-12-21(22)23(29)27-16-20-11-4-3-9-18(20)2/h3-14H,15-16H2,1-2H3,(H,26,30)(H,27,29)(H,28,31). The van der Waals surface area contributed by atoms with Crippen molar-refractivity contribution in [2.75, 3.05) is 5.32 Å². The first kappa shape index (κ1) is 21.8. The number of benzene rings is 3. The minimum Gasteiger partial charge on any atom is -0.348 e. The van der Waals surface area contributed by atoms with Crippen LogP contribution in [0.3, 0.4) is 0 Å². The molecule has 3 rings (SSSR count). The van der Waals surface area contributed by atoms with Crippen LogP contribution in [-0.2, 0) is 22.7 Å². The first-order valence-corrected chi connectivity index (χ1v) is 10.0. The van der Waals surface area contributed by atoms with E-state index in [2.05, 4.69) is 16.0 Å². The molecule has 158 valence electrons. The van der Waals surface area contributed by atoms with E-state index in [-0.39, 0.29) is 23.7 Å². The lowest BCUT2D eigenvalue weighted by molar-refractivity contribution is -0.136. The molecular formula is C25H25N3O3. The molecule has 0 aliphatic heterocycles. The Morgan fingerprint density at radius 1 is 0.742 bits per heavy atom. The molecule has 0 aliphatic rings. The zero-order valence-corrected chi connectivity index (χ0v) is 17.6. The molecule has 0 radical (unpaired) electrons. The highest BCUT2D eigenvalue weighted by atomic mass is 16.2. The molecule has 31 heavy (non-hydrogen) atoms. The molecule has 6 heteroatoms. The maximum absolute atomic E-state index is 12.7. The smallest absolute Gasteiger partial charge is 0.313 e. The average molecular weight is 415 g/mol. The lowest BCUT2D eigenvalue weighted by Crippen LogP contribution is -2.35. The molecule has 0 aliphatic carbocycles. The van der Waals surface area contributed by atoms with E-state index in [1.165, 1.54) is 0 Å². The number of carbonyl (C=O) groups excluding carboxylic acids is 3. The number of hydrogen-bond donors (Lipinski definition) is 3. The number of hydrogen-bond acceptors (Lipinski definition) is 3. The van der Waals surface area contributed by atoms with Gasteiger partial charge in [0.2, 0.25) is 0 Å². The van der Waals surface area contributed by atoms with Gasteiger partial charge in [-0.2, -0.15) is 0 Å². The fraction of sp³-hybridized carbons (Fsp3) is 0.160. The number of aryl methyl sites for hydroxylation is 2. The van der Waals surface area contributed by atoms with Crippen molar-refractivity contribution in [1.29, 1.82) is 0 Å². The molecular weight excluding hydrogens is 390 g/mol. The van der Waals surface area contributed by atoms with Gasteiger partial charge in [-0.25, -0.2) is 0 Å². The molecule has 0 unspecified atom stereocenters. The van der Waals surface area contributed by atoms with Crippen molar-refractivity contribution in [3.8, 4) is 0 Å². The Kier molecular flexibility index (Phi) is 7.17. The van der Waals surface area contributed by atoms with Gasteiger partial charge in [-0.05, 0) is 42.7 Å². The lowest BCUT2D eigenvalue weighted by Gasteiger charge is -2.12. The molecule has 0 aromatic heterocycles. The SMILES string of the molecule is Cc1cccc(CNC(=O)C(=O)Nc2ccccc2C(=O)NCc2ccccc2C)c1. The molecule has 0 fully saturated rings. The van der Waals surface area contributed by atoms with E-state index in [9.17, 15) is 14.4 Å². The first-order valence-electron chi connectivity index (χ1n) is 10.0. The van der Waals surface area contributed by atoms with E-state index in [0.29, 0.717) is 6.54 Å². The third-order valence-corrected chi connectivity index (χ3v) is 4.86. The summed E-state index contributed by atoms with van der Waals surface area (Å²) in [4.78, 5) is 37.2. The third-order valence-electron chi connectivity index (χ3n) is 4.86. The molecule has 3 aromatic rings. The van der Waals surface area contributed by atoms with Crippen LogP contribution in [0, 0.1) is 13.8 Å². The van der Waals surface area contributed by atoms with Gasteiger partial charge in [-0.15, -0.1) is 0 Å². The molecule has 0 spiro atoms. The van der Waals surface area contributed by atoms with Crippen LogP contribution in [0.15, 0.2) is 72.8 Å². The van der Waals surface area contributed by atoms with Gasteiger partial charge < -0.3 is 16.0 Å². The number of carbonyl (C=O) groups is 3. The predicted molar refractivity (Wildman–Crippen MR) is 120 cm³/mol. The van der Waals surface area contributed by atoms with Crippen molar-refractivity contribution in [1.82, 2.24) is 10.6 Å². The molecule has 0 saturated carbocycles. The van der Waals surface area contributed by atoms with Crippen LogP contribution < -0.4 is 16.0 Å². The summed E-state index contributed by atoms with van der Waals surface area (Å²) < 4.78 is 0. The van der Waals surface area contributed by atoms with Crippen LogP contribution in [0.1, 0.15) is 32.6 Å². The highest BCUT2D eigenvalue weighted by molar-refractivity contribution is 6.40. The van der Waals surface area contributed by atoms with Crippen LogP contribution in [0.4, 0.5) is 5.69 Å². The van der Waals surface area contributed by atoms with Gasteiger partial charge in [0.1, 0.15) is 0 Å². The second-order valence-corrected chi connectivity index (χ2v) is 7.28. The Labute approximate surface area is 181 Å². The summed E-state index contributed by atoms with van der Waals surface area (Å²) in [5.74, 6) is -1.93. The Morgan fingerprint density at radius 2 is 1.48 bits per heavy atom. The van der Waals surface area contributed by atoms with Crippen LogP contribution in [0.25, 0.3) is 0 Å². The summed E-state index contributed by atoms with van der Waals surface area (Å²) in [6.07, 6.45) is 0. The second kappa shape index (κ2) is 10.2. The zero-order valence-electron chi connectivity index (χ0n) is 17.6. The molecule has 3 amide bonds. The zero-order chi connectivity index (χ0) is 22.2. The highest BCUT2D eigenvalue weighted by Crippen LogP contribution is 2.16. The van der Waals surface area contributed by atoms with E-state index in [4.69, 9.17) is 0 Å². The van der Waals surface area contributed by atoms with Crippen LogP contribution in [-0.4, -0.2) is 17.7 Å². The third kappa shape index (κ3) is 6.02. The van der Waals surface area contributed by atoms with Gasteiger partial charge in [0.15, 0.2) is 0 Å². The van der Waals surface area contributed by atoms with Crippen molar-refractivity contribution in [2.45, 2.75) is 26.9 Å². The monoisotopic (exact) mass is 415 g/mol. The van der Waals surface area contributed by atoms with Crippen molar-refractivity contribution >= 4 is 23.4 Å². The number of para-hydroxylation sites is 1. The Balaban J connectivity index is 1.61. The van der Waals surface area contributed by atoms with Crippen LogP contribution >= 0.6 is 0 Å². The van der Waals surface area contributed by atoms with Crippen LogP contribution in [0.2, 0.25) is 0 Å². The Bertz CT molecular complexity index is 1110. The largest absolute Gasteiger partial charge is 0.348 e. The first-order chi connectivity index (χ1) is 14.9. The summed E-state index contributed by atoms with van der Waals surface area (Å²) in [7, 11) is 0. The maximum Gasteiger partial charge on any atom is 0.313 e. The van der Waals surface area contributed by atoms with Crippen LogP contribution in [0.5, 0.6) is 0 Å². The van der Waals surface area contributed by atoms with Crippen molar-refractivity contribution in [3.63, 3.8) is 0 Å². The quantitative estimate of drug-likeness (QED) is 0.539. The van der Waals surface area contributed by atoms with E-state index in [0.717, 1.165) is 22.3 Å². The van der Waals surface area contributed by atoms with Gasteiger partial charge >= 0.3 is 11.8 Å². The Morgan fingerprint density at radius 3 is 2.26 bits per heavy atom. The van der Waals surface area contributed by atoms with Crippen molar-refractivity contribution in [3.05, 3.63) is 101 Å². The van der Waals surface area contributed by atoms with E-state index in [1.54, 1.807) is 24.3 Å². The van der Waals surface area contributed by atoms with Gasteiger partial charge in [0.25, 0.3) is 5.91 Å². The number of nitrogens with one attached hydrogen (secondary N) is 3. The molecule has 0 saturated heterocycles. The van der Waals surface area contributed by atoms with E-state index >= 15 is 0 Å². The van der Waals surface area contributed by atoms with Crippen molar-refractivity contribution in [2.24, 2.45) is 0 Å². The summed E-state index contributed by atoms with van der Waals surface area (Å²) in [5.41, 5.74) is 4.62. The topological polar surface area (TPSA) is 87.3 Å². The predicted octanol–water partition coefficient (Wildman–Crippen LogP) is 3.49. The highest BCUT2D eigenvalue weighted by Gasteiger charge is 2.17. The second-order valence-electron chi connectivity index (χ2n) is 7.28. The molecule has 3 aromatic carbocycles. The molecule has 6 nitrogen and oxygen atoms in total. The summed E-state index contributed by atoms with van der Waals surface area (Å²) in [6, 6.07) is 22.0. The molecule has 0 atom stereocenters. The van der Waals surface area contributed by atoms with Gasteiger partial charge in [-0.3, -0.25) is 14.4 Å². The van der Waals surface area contributed by atoms with Crippen molar-refractivity contribution < 1.29 is 14.4 Å². The summed E-state index contributed by atoms with van der Waals surface area (Å²) in [6.45, 7) is 4.54. The molecule has 0 heterocycles. The van der Waals surface area contributed by atoms with E-state index in [1.807, 2.05) is 62.4 Å². The molecule has 3 N–H and O–H groups in total. The Hall–Kier alpha value is -3.93. The number of amides is 3.